The van der Waals surface area contributed by atoms with Crippen LogP contribution in [0.25, 0.3) is 0 Å². The molecule has 0 heterocycles. The number of rotatable bonds is 3. The zero-order valence-corrected chi connectivity index (χ0v) is 14.1. The van der Waals surface area contributed by atoms with E-state index >= 15 is 0 Å². The molecule has 116 valence electrons. The molecule has 0 amide bonds. The van der Waals surface area contributed by atoms with Crippen LogP contribution in [0.1, 0.15) is 45.1 Å². The summed E-state index contributed by atoms with van der Waals surface area (Å²) in [6.07, 6.45) is 4.60. The van der Waals surface area contributed by atoms with Gasteiger partial charge < -0.3 is 10.4 Å². The lowest BCUT2D eigenvalue weighted by Gasteiger charge is -2.55. The number of hydrogen-bond donors (Lipinski definition) is 2. The third-order valence-corrected chi connectivity index (χ3v) is 5.97. The van der Waals surface area contributed by atoms with E-state index in [4.69, 9.17) is 23.2 Å². The minimum Gasteiger partial charge on any atom is -0.383 e. The zero-order valence-electron chi connectivity index (χ0n) is 12.6. The Balaban J connectivity index is 2.03. The van der Waals surface area contributed by atoms with Gasteiger partial charge in [-0.05, 0) is 55.2 Å². The van der Waals surface area contributed by atoms with Gasteiger partial charge in [0.05, 0.1) is 10.0 Å². The van der Waals surface area contributed by atoms with E-state index in [1.165, 1.54) is 12.8 Å². The minimum absolute atomic E-state index is 0.0993. The molecule has 2 N–H and O–H groups in total. The molecule has 0 aromatic heterocycles. The van der Waals surface area contributed by atoms with Crippen molar-refractivity contribution in [2.75, 3.05) is 0 Å². The van der Waals surface area contributed by atoms with E-state index < -0.39 is 5.60 Å². The first-order valence-corrected chi connectivity index (χ1v) is 8.62. The minimum atomic E-state index is -0.834. The smallest absolute Gasteiger partial charge is 0.108 e. The second kappa shape index (κ2) is 5.73. The molecular formula is C17H23Cl2NO. The molecule has 0 saturated heterocycles. The second-order valence-corrected chi connectivity index (χ2v) is 7.68. The quantitative estimate of drug-likeness (QED) is 0.864. The van der Waals surface area contributed by atoms with E-state index in [-0.39, 0.29) is 6.04 Å². The summed E-state index contributed by atoms with van der Waals surface area (Å²) in [4.78, 5) is 0. The van der Waals surface area contributed by atoms with E-state index in [1.54, 1.807) is 6.07 Å². The molecule has 2 bridgehead atoms. The Kier molecular flexibility index (Phi) is 4.26. The molecule has 3 aliphatic rings. The van der Waals surface area contributed by atoms with Crippen molar-refractivity contribution in [3.63, 3.8) is 0 Å². The molecule has 4 heteroatoms. The standard InChI is InChI=1S/C17H23Cl2NO/c1-10(2)20-16-11-3-5-12(6-4-11)17(16,21)13-7-8-14(18)15(19)9-13/h7-12,16,20-21H,3-6H2,1-2H3/t11?,12?,16-,17-/m0/s1. The highest BCUT2D eigenvalue weighted by Crippen LogP contribution is 2.53. The molecule has 0 unspecified atom stereocenters. The lowest BCUT2D eigenvalue weighted by molar-refractivity contribution is -0.134. The van der Waals surface area contributed by atoms with Crippen molar-refractivity contribution >= 4 is 23.2 Å². The van der Waals surface area contributed by atoms with Crippen LogP contribution in [0, 0.1) is 11.8 Å². The molecule has 0 aliphatic heterocycles. The van der Waals surface area contributed by atoms with Crippen molar-refractivity contribution in [2.24, 2.45) is 11.8 Å². The van der Waals surface area contributed by atoms with Crippen LogP contribution in [0.15, 0.2) is 18.2 Å². The van der Waals surface area contributed by atoms with Gasteiger partial charge in [0, 0.05) is 12.1 Å². The monoisotopic (exact) mass is 327 g/mol. The van der Waals surface area contributed by atoms with Crippen LogP contribution in [-0.2, 0) is 5.60 Å². The van der Waals surface area contributed by atoms with Crippen LogP contribution in [0.4, 0.5) is 0 Å². The van der Waals surface area contributed by atoms with Crippen LogP contribution < -0.4 is 5.32 Å². The van der Waals surface area contributed by atoms with Gasteiger partial charge in [-0.25, -0.2) is 0 Å². The van der Waals surface area contributed by atoms with E-state index in [9.17, 15) is 5.11 Å². The van der Waals surface area contributed by atoms with Crippen LogP contribution in [-0.4, -0.2) is 17.2 Å². The number of benzene rings is 1. The average Bonchev–Trinajstić information content (AvgIpc) is 2.46. The SMILES string of the molecule is CC(C)N[C@H]1C2CCC(CC2)[C@]1(O)c1ccc(Cl)c(Cl)c1. The zero-order chi connectivity index (χ0) is 15.2. The van der Waals surface area contributed by atoms with Gasteiger partial charge in [0.1, 0.15) is 5.60 Å². The van der Waals surface area contributed by atoms with Gasteiger partial charge in [0.25, 0.3) is 0 Å². The van der Waals surface area contributed by atoms with Crippen molar-refractivity contribution < 1.29 is 5.11 Å². The normalized spacial score (nSPS) is 35.4. The molecule has 3 aliphatic carbocycles. The van der Waals surface area contributed by atoms with Gasteiger partial charge in [-0.2, -0.15) is 0 Å². The maximum atomic E-state index is 11.6. The Bertz CT molecular complexity index is 526. The number of aliphatic hydroxyl groups is 1. The number of nitrogens with one attached hydrogen (secondary N) is 1. The van der Waals surface area contributed by atoms with Gasteiger partial charge in [-0.3, -0.25) is 0 Å². The van der Waals surface area contributed by atoms with Gasteiger partial charge in [0.15, 0.2) is 0 Å². The topological polar surface area (TPSA) is 32.3 Å². The fourth-order valence-corrected chi connectivity index (χ4v) is 4.59. The molecule has 0 radical (unpaired) electrons. The van der Waals surface area contributed by atoms with Gasteiger partial charge in [-0.1, -0.05) is 43.1 Å². The maximum Gasteiger partial charge on any atom is 0.108 e. The van der Waals surface area contributed by atoms with Gasteiger partial charge >= 0.3 is 0 Å². The first-order valence-electron chi connectivity index (χ1n) is 7.87. The number of fused-ring (bicyclic) bond motifs is 3. The summed E-state index contributed by atoms with van der Waals surface area (Å²) in [6, 6.07) is 6.03. The van der Waals surface area contributed by atoms with Crippen molar-refractivity contribution in [1.29, 1.82) is 0 Å². The molecule has 1 aromatic carbocycles. The van der Waals surface area contributed by atoms with Crippen LogP contribution >= 0.6 is 23.2 Å². The summed E-state index contributed by atoms with van der Waals surface area (Å²) in [5.41, 5.74) is 0.0732. The summed E-state index contributed by atoms with van der Waals surface area (Å²) in [7, 11) is 0. The Labute approximate surface area is 136 Å². The molecule has 21 heavy (non-hydrogen) atoms. The van der Waals surface area contributed by atoms with E-state index in [0.717, 1.165) is 18.4 Å². The molecule has 2 atom stereocenters. The van der Waals surface area contributed by atoms with Gasteiger partial charge in [-0.15, -0.1) is 0 Å². The highest BCUT2D eigenvalue weighted by molar-refractivity contribution is 6.42. The molecule has 4 rings (SSSR count). The number of halogens is 2. The third kappa shape index (κ3) is 2.61. The Morgan fingerprint density at radius 3 is 2.38 bits per heavy atom. The lowest BCUT2D eigenvalue weighted by atomic mass is 9.57. The summed E-state index contributed by atoms with van der Waals surface area (Å²) < 4.78 is 0. The first kappa shape index (κ1) is 15.6. The molecule has 2 nitrogen and oxygen atoms in total. The van der Waals surface area contributed by atoms with Crippen molar-refractivity contribution in [2.45, 2.75) is 57.2 Å². The molecule has 3 fully saturated rings. The van der Waals surface area contributed by atoms with Crippen LogP contribution in [0.3, 0.4) is 0 Å². The Morgan fingerprint density at radius 1 is 1.14 bits per heavy atom. The van der Waals surface area contributed by atoms with Crippen molar-refractivity contribution in [3.05, 3.63) is 33.8 Å². The summed E-state index contributed by atoms with van der Waals surface area (Å²) in [5.74, 6) is 0.841. The highest BCUT2D eigenvalue weighted by atomic mass is 35.5. The van der Waals surface area contributed by atoms with Crippen LogP contribution in [0.5, 0.6) is 0 Å². The summed E-state index contributed by atoms with van der Waals surface area (Å²) in [6.45, 7) is 4.27. The fourth-order valence-electron chi connectivity index (χ4n) is 4.29. The van der Waals surface area contributed by atoms with Crippen LogP contribution in [0.2, 0.25) is 10.0 Å². The Morgan fingerprint density at radius 2 is 1.81 bits per heavy atom. The highest BCUT2D eigenvalue weighted by Gasteiger charge is 2.54. The maximum absolute atomic E-state index is 11.6. The van der Waals surface area contributed by atoms with Crippen molar-refractivity contribution in [3.8, 4) is 0 Å². The molecule has 0 spiro atoms. The predicted molar refractivity (Wildman–Crippen MR) is 87.9 cm³/mol. The lowest BCUT2D eigenvalue weighted by Crippen LogP contribution is -2.63. The molecule has 1 aromatic rings. The third-order valence-electron chi connectivity index (χ3n) is 5.23. The summed E-state index contributed by atoms with van der Waals surface area (Å²) in [5, 5.41) is 16.3. The predicted octanol–water partition coefficient (Wildman–Crippen LogP) is 4.37. The Hall–Kier alpha value is -0.280. The number of hydrogen-bond acceptors (Lipinski definition) is 2. The largest absolute Gasteiger partial charge is 0.383 e. The van der Waals surface area contributed by atoms with E-state index in [0.29, 0.717) is 27.9 Å². The van der Waals surface area contributed by atoms with E-state index in [1.807, 2.05) is 12.1 Å². The first-order chi connectivity index (χ1) is 9.92. The second-order valence-electron chi connectivity index (χ2n) is 6.86. The van der Waals surface area contributed by atoms with Crippen molar-refractivity contribution in [1.82, 2.24) is 5.32 Å². The summed E-state index contributed by atoms with van der Waals surface area (Å²) >= 11 is 12.2. The fraction of sp³-hybridized carbons (Fsp3) is 0.647. The van der Waals surface area contributed by atoms with E-state index in [2.05, 4.69) is 19.2 Å². The molecule has 3 saturated carbocycles. The average molecular weight is 328 g/mol. The van der Waals surface area contributed by atoms with Gasteiger partial charge in [0.2, 0.25) is 0 Å². The molecular weight excluding hydrogens is 305 g/mol.